The Bertz CT molecular complexity index is 318. The first-order valence-electron chi connectivity index (χ1n) is 6.24. The highest BCUT2D eigenvalue weighted by Gasteiger charge is 2.16. The summed E-state index contributed by atoms with van der Waals surface area (Å²) < 4.78 is 5.68. The number of pyridine rings is 1. The lowest BCUT2D eigenvalue weighted by Gasteiger charge is -2.30. The highest BCUT2D eigenvalue weighted by molar-refractivity contribution is 5.08. The zero-order valence-electron chi connectivity index (χ0n) is 10.4. The molecular weight excluding hydrogens is 214 g/mol. The van der Waals surface area contributed by atoms with E-state index in [1.165, 1.54) is 5.56 Å². The minimum atomic E-state index is 0.336. The minimum absolute atomic E-state index is 0.336. The molecule has 0 aliphatic carbocycles. The molecule has 1 N–H and O–H groups in total. The Morgan fingerprint density at radius 1 is 1.59 bits per heavy atom. The van der Waals surface area contributed by atoms with Crippen LogP contribution in [0.15, 0.2) is 24.5 Å². The first kappa shape index (κ1) is 12.5. The van der Waals surface area contributed by atoms with Crippen molar-refractivity contribution in [3.8, 4) is 0 Å². The molecule has 1 unspecified atom stereocenters. The zero-order chi connectivity index (χ0) is 11.9. The first-order valence-corrected chi connectivity index (χ1v) is 6.24. The predicted molar refractivity (Wildman–Crippen MR) is 68.0 cm³/mol. The van der Waals surface area contributed by atoms with E-state index in [-0.39, 0.29) is 0 Å². The predicted octanol–water partition coefficient (Wildman–Crippen LogP) is 0.544. The van der Waals surface area contributed by atoms with E-state index in [1.54, 1.807) is 0 Å². The zero-order valence-corrected chi connectivity index (χ0v) is 10.4. The molecule has 4 nitrogen and oxygen atoms in total. The topological polar surface area (TPSA) is 37.4 Å². The van der Waals surface area contributed by atoms with Crippen LogP contribution in [0.1, 0.15) is 5.56 Å². The molecule has 1 atom stereocenters. The number of nitrogens with zero attached hydrogens (tertiary/aromatic N) is 2. The van der Waals surface area contributed by atoms with Crippen molar-refractivity contribution < 1.29 is 4.74 Å². The normalized spacial score (nSPS) is 21.6. The van der Waals surface area contributed by atoms with Crippen molar-refractivity contribution in [1.29, 1.82) is 0 Å². The summed E-state index contributed by atoms with van der Waals surface area (Å²) in [6.45, 7) is 4.84. The second-order valence-corrected chi connectivity index (χ2v) is 4.57. The van der Waals surface area contributed by atoms with E-state index in [0.29, 0.717) is 6.10 Å². The van der Waals surface area contributed by atoms with Gasteiger partial charge >= 0.3 is 0 Å². The fourth-order valence-corrected chi connectivity index (χ4v) is 2.03. The second-order valence-electron chi connectivity index (χ2n) is 4.57. The minimum Gasteiger partial charge on any atom is -0.374 e. The summed E-state index contributed by atoms with van der Waals surface area (Å²) in [5, 5.41) is 3.44. The molecule has 1 aromatic rings. The van der Waals surface area contributed by atoms with Crippen molar-refractivity contribution >= 4 is 0 Å². The Morgan fingerprint density at radius 3 is 3.29 bits per heavy atom. The molecule has 0 bridgehead atoms. The molecule has 0 aromatic carbocycles. The average Bonchev–Trinajstić information content (AvgIpc) is 2.36. The van der Waals surface area contributed by atoms with Gasteiger partial charge in [-0.25, -0.2) is 0 Å². The lowest BCUT2D eigenvalue weighted by molar-refractivity contribution is -0.0179. The van der Waals surface area contributed by atoms with E-state index >= 15 is 0 Å². The highest BCUT2D eigenvalue weighted by Crippen LogP contribution is 2.01. The maximum Gasteiger partial charge on any atom is 0.0826 e. The Labute approximate surface area is 103 Å². The third-order valence-electron chi connectivity index (χ3n) is 3.03. The summed E-state index contributed by atoms with van der Waals surface area (Å²) in [7, 11) is 2.14. The van der Waals surface area contributed by atoms with Gasteiger partial charge in [-0.1, -0.05) is 6.07 Å². The summed E-state index contributed by atoms with van der Waals surface area (Å²) in [5.74, 6) is 0. The van der Waals surface area contributed by atoms with Gasteiger partial charge in [0, 0.05) is 32.0 Å². The van der Waals surface area contributed by atoms with E-state index in [9.17, 15) is 0 Å². The number of nitrogens with one attached hydrogen (secondary N) is 1. The summed E-state index contributed by atoms with van der Waals surface area (Å²) in [5.41, 5.74) is 1.28. The Hall–Kier alpha value is -0.970. The molecule has 1 aliphatic heterocycles. The van der Waals surface area contributed by atoms with Crippen LogP contribution in [0.5, 0.6) is 0 Å². The number of likely N-dealkylation sites (N-methyl/N-ethyl adjacent to an activating group) is 1. The van der Waals surface area contributed by atoms with Crippen LogP contribution in [0.4, 0.5) is 0 Å². The molecule has 94 valence electrons. The molecule has 4 heteroatoms. The van der Waals surface area contributed by atoms with Crippen LogP contribution in [-0.2, 0) is 11.2 Å². The molecule has 2 heterocycles. The van der Waals surface area contributed by atoms with Gasteiger partial charge in [-0.05, 0) is 31.6 Å². The van der Waals surface area contributed by atoms with Crippen LogP contribution < -0.4 is 5.32 Å². The van der Waals surface area contributed by atoms with Crippen LogP contribution in [0.25, 0.3) is 0 Å². The number of hydrogen-bond acceptors (Lipinski definition) is 4. The average molecular weight is 235 g/mol. The van der Waals surface area contributed by atoms with Crippen LogP contribution in [-0.4, -0.2) is 55.8 Å². The van der Waals surface area contributed by atoms with Gasteiger partial charge in [-0.15, -0.1) is 0 Å². The van der Waals surface area contributed by atoms with Gasteiger partial charge in [0.2, 0.25) is 0 Å². The van der Waals surface area contributed by atoms with Gasteiger partial charge in [0.15, 0.2) is 0 Å². The van der Waals surface area contributed by atoms with Crippen molar-refractivity contribution in [1.82, 2.24) is 15.2 Å². The molecule has 0 saturated carbocycles. The molecule has 1 aromatic heterocycles. The van der Waals surface area contributed by atoms with Crippen LogP contribution in [0.2, 0.25) is 0 Å². The van der Waals surface area contributed by atoms with Crippen molar-refractivity contribution in [3.63, 3.8) is 0 Å². The molecule has 17 heavy (non-hydrogen) atoms. The van der Waals surface area contributed by atoms with Crippen molar-refractivity contribution in [2.24, 2.45) is 0 Å². The van der Waals surface area contributed by atoms with Crippen LogP contribution >= 0.6 is 0 Å². The standard InChI is InChI=1S/C13H21N3O/c1-16-7-8-17-13(11-16)10-15-6-4-12-3-2-5-14-9-12/h2-3,5,9,13,15H,4,6-8,10-11H2,1H3. The van der Waals surface area contributed by atoms with Crippen LogP contribution in [0, 0.1) is 0 Å². The Morgan fingerprint density at radius 2 is 2.53 bits per heavy atom. The largest absolute Gasteiger partial charge is 0.374 e. The lowest BCUT2D eigenvalue weighted by Crippen LogP contribution is -2.45. The van der Waals surface area contributed by atoms with Crippen LogP contribution in [0.3, 0.4) is 0 Å². The third kappa shape index (κ3) is 4.42. The summed E-state index contributed by atoms with van der Waals surface area (Å²) >= 11 is 0. The monoisotopic (exact) mass is 235 g/mol. The molecule has 1 saturated heterocycles. The number of rotatable bonds is 5. The number of ether oxygens (including phenoxy) is 1. The molecule has 1 fully saturated rings. The van der Waals surface area contributed by atoms with E-state index in [1.807, 2.05) is 18.5 Å². The van der Waals surface area contributed by atoms with Gasteiger partial charge in [-0.2, -0.15) is 0 Å². The third-order valence-corrected chi connectivity index (χ3v) is 3.03. The quantitative estimate of drug-likeness (QED) is 0.756. The van der Waals surface area contributed by atoms with Gasteiger partial charge in [-0.3, -0.25) is 4.98 Å². The maximum atomic E-state index is 5.68. The van der Waals surface area contributed by atoms with Gasteiger partial charge in [0.05, 0.1) is 12.7 Å². The van der Waals surface area contributed by atoms with E-state index in [2.05, 4.69) is 28.3 Å². The molecule has 0 spiro atoms. The van der Waals surface area contributed by atoms with Crippen molar-refractivity contribution in [3.05, 3.63) is 30.1 Å². The lowest BCUT2D eigenvalue weighted by atomic mass is 10.2. The van der Waals surface area contributed by atoms with E-state index in [0.717, 1.165) is 39.2 Å². The molecule has 2 rings (SSSR count). The second kappa shape index (κ2) is 6.69. The maximum absolute atomic E-state index is 5.68. The van der Waals surface area contributed by atoms with Gasteiger partial charge in [0.25, 0.3) is 0 Å². The van der Waals surface area contributed by atoms with Crippen molar-refractivity contribution in [2.75, 3.05) is 39.8 Å². The number of morpholine rings is 1. The highest BCUT2D eigenvalue weighted by atomic mass is 16.5. The van der Waals surface area contributed by atoms with E-state index < -0.39 is 0 Å². The number of aromatic nitrogens is 1. The SMILES string of the molecule is CN1CCOC(CNCCc2cccnc2)C1. The number of hydrogen-bond donors (Lipinski definition) is 1. The van der Waals surface area contributed by atoms with Gasteiger partial charge < -0.3 is 15.0 Å². The summed E-state index contributed by atoms with van der Waals surface area (Å²) in [6, 6.07) is 4.09. The Kier molecular flexibility index (Phi) is 4.91. The first-order chi connectivity index (χ1) is 8.34. The van der Waals surface area contributed by atoms with E-state index in [4.69, 9.17) is 4.74 Å². The fourth-order valence-electron chi connectivity index (χ4n) is 2.03. The van der Waals surface area contributed by atoms with Crippen molar-refractivity contribution in [2.45, 2.75) is 12.5 Å². The molecule has 0 radical (unpaired) electrons. The Balaban J connectivity index is 1.60. The molecule has 1 aliphatic rings. The summed E-state index contributed by atoms with van der Waals surface area (Å²) in [6.07, 6.45) is 5.09. The molecular formula is C13H21N3O. The smallest absolute Gasteiger partial charge is 0.0826 e. The van der Waals surface area contributed by atoms with Gasteiger partial charge in [0.1, 0.15) is 0 Å². The fraction of sp³-hybridized carbons (Fsp3) is 0.615. The summed E-state index contributed by atoms with van der Waals surface area (Å²) in [4.78, 5) is 6.42. The molecule has 0 amide bonds.